The highest BCUT2D eigenvalue weighted by Crippen LogP contribution is 2.24. The van der Waals surface area contributed by atoms with Crippen LogP contribution in [0.2, 0.25) is 0 Å². The number of rotatable bonds is 5. The number of benzene rings is 2. The summed E-state index contributed by atoms with van der Waals surface area (Å²) in [6.45, 7) is 0. The number of amides is 1. The monoisotopic (exact) mass is 394 g/mol. The fraction of sp³-hybridized carbons (Fsp3) is 0.188. The Balaban J connectivity index is 1.81. The number of sulfonamides is 1. The van der Waals surface area contributed by atoms with Crippen LogP contribution in [0.1, 0.15) is 23.2 Å². The lowest BCUT2D eigenvalue weighted by atomic mass is 10.2. The first kappa shape index (κ1) is 16.2. The Labute approximate surface area is 143 Å². The summed E-state index contributed by atoms with van der Waals surface area (Å²) < 4.78 is 27.8. The van der Waals surface area contributed by atoms with Crippen molar-refractivity contribution in [3.63, 3.8) is 0 Å². The third kappa shape index (κ3) is 3.99. The van der Waals surface area contributed by atoms with Gasteiger partial charge in [0.2, 0.25) is 10.0 Å². The van der Waals surface area contributed by atoms with Gasteiger partial charge in [0.15, 0.2) is 0 Å². The number of para-hydroxylation sites is 1. The molecular formula is C16H15BrN2O3S. The van der Waals surface area contributed by atoms with E-state index in [1.807, 2.05) is 12.1 Å². The molecule has 1 saturated carbocycles. The number of halogens is 1. The molecule has 0 aliphatic heterocycles. The van der Waals surface area contributed by atoms with Gasteiger partial charge in [0.1, 0.15) is 0 Å². The number of hydrogen-bond donors (Lipinski definition) is 2. The summed E-state index contributed by atoms with van der Waals surface area (Å²) in [7, 11) is -3.57. The summed E-state index contributed by atoms with van der Waals surface area (Å²) in [6.07, 6.45) is 1.73. The lowest BCUT2D eigenvalue weighted by Crippen LogP contribution is -2.26. The van der Waals surface area contributed by atoms with Gasteiger partial charge in [-0.2, -0.15) is 0 Å². The quantitative estimate of drug-likeness (QED) is 0.817. The molecule has 5 nitrogen and oxygen atoms in total. The fourth-order valence-electron chi connectivity index (χ4n) is 2.05. The van der Waals surface area contributed by atoms with Gasteiger partial charge in [-0.3, -0.25) is 4.79 Å². The minimum Gasteiger partial charge on any atom is -0.321 e. The molecule has 0 spiro atoms. The summed E-state index contributed by atoms with van der Waals surface area (Å²) in [5.41, 5.74) is 0.918. The van der Waals surface area contributed by atoms with E-state index in [0.29, 0.717) is 11.3 Å². The van der Waals surface area contributed by atoms with Crippen molar-refractivity contribution in [2.24, 2.45) is 0 Å². The first-order valence-electron chi connectivity index (χ1n) is 7.14. The van der Waals surface area contributed by atoms with E-state index in [2.05, 4.69) is 26.0 Å². The van der Waals surface area contributed by atoms with Gasteiger partial charge in [0, 0.05) is 16.1 Å². The van der Waals surface area contributed by atoms with Crippen LogP contribution in [0.4, 0.5) is 5.69 Å². The molecule has 0 heterocycles. The van der Waals surface area contributed by atoms with Crippen molar-refractivity contribution >= 4 is 37.5 Å². The molecule has 0 aromatic heterocycles. The van der Waals surface area contributed by atoms with Crippen molar-refractivity contribution in [1.82, 2.24) is 4.72 Å². The molecule has 1 amide bonds. The standard InChI is InChI=1S/C16H15BrN2O3S/c17-14-6-1-2-7-15(14)18-16(20)11-4-3-5-13(10-11)23(21,22)19-12-8-9-12/h1-7,10,12,19H,8-9H2,(H,18,20). The molecule has 120 valence electrons. The number of carbonyl (C=O) groups is 1. The maximum absolute atomic E-state index is 12.3. The molecule has 2 aromatic carbocycles. The summed E-state index contributed by atoms with van der Waals surface area (Å²) in [4.78, 5) is 12.4. The van der Waals surface area contributed by atoms with Gasteiger partial charge in [-0.05, 0) is 59.1 Å². The molecule has 0 radical (unpaired) electrons. The highest BCUT2D eigenvalue weighted by Gasteiger charge is 2.28. The van der Waals surface area contributed by atoms with Gasteiger partial charge in [0.05, 0.1) is 10.6 Å². The lowest BCUT2D eigenvalue weighted by Gasteiger charge is -2.09. The maximum atomic E-state index is 12.3. The predicted molar refractivity (Wildman–Crippen MR) is 91.9 cm³/mol. The third-order valence-corrected chi connectivity index (χ3v) is 5.64. The summed E-state index contributed by atoms with van der Waals surface area (Å²) >= 11 is 3.36. The molecule has 1 aliphatic carbocycles. The molecule has 7 heteroatoms. The van der Waals surface area contributed by atoms with Gasteiger partial charge in [-0.15, -0.1) is 0 Å². The Kier molecular flexibility index (Phi) is 4.52. The van der Waals surface area contributed by atoms with Crippen LogP contribution in [0, 0.1) is 0 Å². The van der Waals surface area contributed by atoms with Crippen molar-refractivity contribution in [1.29, 1.82) is 0 Å². The van der Waals surface area contributed by atoms with Gasteiger partial charge in [0.25, 0.3) is 5.91 Å². The Hall–Kier alpha value is -1.70. The minimum absolute atomic E-state index is 0.0257. The summed E-state index contributed by atoms with van der Waals surface area (Å²) in [5.74, 6) is -0.361. The van der Waals surface area contributed by atoms with E-state index in [0.717, 1.165) is 17.3 Å². The van der Waals surface area contributed by atoms with Crippen LogP contribution >= 0.6 is 15.9 Å². The highest BCUT2D eigenvalue weighted by atomic mass is 79.9. The van der Waals surface area contributed by atoms with Gasteiger partial charge in [-0.25, -0.2) is 13.1 Å². The topological polar surface area (TPSA) is 75.3 Å². The largest absolute Gasteiger partial charge is 0.321 e. The minimum atomic E-state index is -3.57. The van der Waals surface area contributed by atoms with Crippen molar-refractivity contribution < 1.29 is 13.2 Å². The Morgan fingerprint density at radius 3 is 2.52 bits per heavy atom. The first-order valence-corrected chi connectivity index (χ1v) is 9.41. The molecule has 0 unspecified atom stereocenters. The number of nitrogens with one attached hydrogen (secondary N) is 2. The van der Waals surface area contributed by atoms with Crippen molar-refractivity contribution in [2.45, 2.75) is 23.8 Å². The molecule has 1 aliphatic rings. The second-order valence-corrected chi connectivity index (χ2v) is 7.93. The Bertz CT molecular complexity index is 848. The third-order valence-electron chi connectivity index (χ3n) is 3.43. The molecule has 2 N–H and O–H groups in total. The van der Waals surface area contributed by atoms with Crippen molar-refractivity contribution in [3.05, 3.63) is 58.6 Å². The average Bonchev–Trinajstić information content (AvgIpc) is 3.33. The first-order chi connectivity index (χ1) is 11.0. The van der Waals surface area contributed by atoms with Crippen molar-refractivity contribution in [2.75, 3.05) is 5.32 Å². The highest BCUT2D eigenvalue weighted by molar-refractivity contribution is 9.10. The zero-order valence-corrected chi connectivity index (χ0v) is 14.5. The predicted octanol–water partition coefficient (Wildman–Crippen LogP) is 3.14. The number of carbonyl (C=O) groups excluding carboxylic acids is 1. The molecule has 1 fully saturated rings. The lowest BCUT2D eigenvalue weighted by molar-refractivity contribution is 0.102. The summed E-state index contributed by atoms with van der Waals surface area (Å²) in [5, 5.41) is 2.76. The maximum Gasteiger partial charge on any atom is 0.255 e. The van der Waals surface area contributed by atoms with Crippen LogP contribution in [-0.4, -0.2) is 20.4 Å². The summed E-state index contributed by atoms with van der Waals surface area (Å²) in [6, 6.07) is 13.3. The SMILES string of the molecule is O=C(Nc1ccccc1Br)c1cccc(S(=O)(=O)NC2CC2)c1. The van der Waals surface area contributed by atoms with E-state index in [9.17, 15) is 13.2 Å². The van der Waals surface area contributed by atoms with Gasteiger partial charge in [-0.1, -0.05) is 18.2 Å². The molecular weight excluding hydrogens is 380 g/mol. The van der Waals surface area contributed by atoms with Gasteiger partial charge >= 0.3 is 0 Å². The zero-order valence-electron chi connectivity index (χ0n) is 12.1. The van der Waals surface area contributed by atoms with E-state index in [-0.39, 0.29) is 16.8 Å². The van der Waals surface area contributed by atoms with Crippen LogP contribution in [0.25, 0.3) is 0 Å². The molecule has 0 saturated heterocycles. The second kappa shape index (κ2) is 6.43. The van der Waals surface area contributed by atoms with Crippen LogP contribution in [0.3, 0.4) is 0 Å². The van der Waals surface area contributed by atoms with Gasteiger partial charge < -0.3 is 5.32 Å². The van der Waals surface area contributed by atoms with E-state index in [4.69, 9.17) is 0 Å². The zero-order chi connectivity index (χ0) is 16.4. The second-order valence-electron chi connectivity index (χ2n) is 5.36. The molecule has 0 bridgehead atoms. The van der Waals surface area contributed by atoms with E-state index >= 15 is 0 Å². The fourth-order valence-corrected chi connectivity index (χ4v) is 3.78. The van der Waals surface area contributed by atoms with Crippen LogP contribution < -0.4 is 10.0 Å². The molecule has 0 atom stereocenters. The number of hydrogen-bond acceptors (Lipinski definition) is 3. The smallest absolute Gasteiger partial charge is 0.255 e. The van der Waals surface area contributed by atoms with Crippen molar-refractivity contribution in [3.8, 4) is 0 Å². The molecule has 3 rings (SSSR count). The van der Waals surface area contributed by atoms with Crippen LogP contribution in [0.5, 0.6) is 0 Å². The van der Waals surface area contributed by atoms with E-state index in [1.54, 1.807) is 24.3 Å². The van der Waals surface area contributed by atoms with E-state index in [1.165, 1.54) is 12.1 Å². The normalized spacial score (nSPS) is 14.5. The molecule has 2 aromatic rings. The average molecular weight is 395 g/mol. The Morgan fingerprint density at radius 2 is 1.83 bits per heavy atom. The van der Waals surface area contributed by atoms with Crippen LogP contribution in [-0.2, 0) is 10.0 Å². The Morgan fingerprint density at radius 1 is 1.09 bits per heavy atom. The van der Waals surface area contributed by atoms with Crippen LogP contribution in [0.15, 0.2) is 57.9 Å². The number of anilines is 1. The van der Waals surface area contributed by atoms with E-state index < -0.39 is 10.0 Å². The molecule has 23 heavy (non-hydrogen) atoms.